The number of nitrogens with one attached hydrogen (secondary N) is 1. The number of rotatable bonds is 5. The second-order valence-electron chi connectivity index (χ2n) is 5.02. The van der Waals surface area contributed by atoms with Gasteiger partial charge in [-0.05, 0) is 30.7 Å². The van der Waals surface area contributed by atoms with Gasteiger partial charge in [0.1, 0.15) is 6.33 Å². The van der Waals surface area contributed by atoms with E-state index in [0.29, 0.717) is 0 Å². The maximum Gasteiger partial charge on any atom is 0.115 e. The third-order valence-electron chi connectivity index (χ3n) is 3.46. The Kier molecular flexibility index (Phi) is 4.17. The molecule has 0 aliphatic carbocycles. The van der Waals surface area contributed by atoms with Crippen LogP contribution in [-0.2, 0) is 0 Å². The number of para-hydroxylation sites is 1. The van der Waals surface area contributed by atoms with Crippen molar-refractivity contribution in [2.24, 2.45) is 0 Å². The van der Waals surface area contributed by atoms with E-state index in [9.17, 15) is 0 Å². The molecule has 4 nitrogen and oxygen atoms in total. The molecule has 0 saturated carbocycles. The SMILES string of the molecule is CCCNC(c1cncnc1)c1cnc2ccccc2c1. The largest absolute Gasteiger partial charge is 0.306 e. The number of nitrogens with zero attached hydrogens (tertiary/aromatic N) is 3. The molecule has 2 aromatic heterocycles. The molecule has 1 unspecified atom stereocenters. The number of pyridine rings is 1. The second kappa shape index (κ2) is 6.41. The highest BCUT2D eigenvalue weighted by Gasteiger charge is 2.14. The fourth-order valence-corrected chi connectivity index (χ4v) is 2.42. The Labute approximate surface area is 124 Å². The van der Waals surface area contributed by atoms with Gasteiger partial charge in [-0.2, -0.15) is 0 Å². The van der Waals surface area contributed by atoms with Crippen LogP contribution in [0, 0.1) is 0 Å². The van der Waals surface area contributed by atoms with Crippen LogP contribution in [0.5, 0.6) is 0 Å². The number of hydrogen-bond acceptors (Lipinski definition) is 4. The van der Waals surface area contributed by atoms with Crippen molar-refractivity contribution in [1.82, 2.24) is 20.3 Å². The third kappa shape index (κ3) is 3.06. The van der Waals surface area contributed by atoms with Crippen LogP contribution in [0.15, 0.2) is 55.2 Å². The van der Waals surface area contributed by atoms with E-state index in [1.54, 1.807) is 6.33 Å². The van der Waals surface area contributed by atoms with Gasteiger partial charge in [-0.25, -0.2) is 9.97 Å². The van der Waals surface area contributed by atoms with Gasteiger partial charge in [-0.1, -0.05) is 25.1 Å². The summed E-state index contributed by atoms with van der Waals surface area (Å²) in [5.74, 6) is 0. The van der Waals surface area contributed by atoms with Gasteiger partial charge >= 0.3 is 0 Å². The average molecular weight is 278 g/mol. The molecule has 0 spiro atoms. The zero-order chi connectivity index (χ0) is 14.5. The molecule has 2 heterocycles. The Balaban J connectivity index is 2.01. The van der Waals surface area contributed by atoms with E-state index < -0.39 is 0 Å². The van der Waals surface area contributed by atoms with E-state index >= 15 is 0 Å². The van der Waals surface area contributed by atoms with Crippen molar-refractivity contribution in [2.45, 2.75) is 19.4 Å². The number of fused-ring (bicyclic) bond motifs is 1. The second-order valence-corrected chi connectivity index (χ2v) is 5.02. The molecule has 3 rings (SSSR count). The van der Waals surface area contributed by atoms with Crippen LogP contribution in [0.4, 0.5) is 0 Å². The molecule has 0 saturated heterocycles. The summed E-state index contributed by atoms with van der Waals surface area (Å²) >= 11 is 0. The first-order valence-corrected chi connectivity index (χ1v) is 7.21. The minimum absolute atomic E-state index is 0.0725. The molecule has 21 heavy (non-hydrogen) atoms. The highest BCUT2D eigenvalue weighted by atomic mass is 14.9. The highest BCUT2D eigenvalue weighted by molar-refractivity contribution is 5.78. The zero-order valence-corrected chi connectivity index (χ0v) is 12.0. The van der Waals surface area contributed by atoms with Crippen molar-refractivity contribution >= 4 is 10.9 Å². The summed E-state index contributed by atoms with van der Waals surface area (Å²) in [6, 6.07) is 10.4. The Morgan fingerprint density at radius 2 is 1.86 bits per heavy atom. The summed E-state index contributed by atoms with van der Waals surface area (Å²) in [5.41, 5.74) is 3.21. The highest BCUT2D eigenvalue weighted by Crippen LogP contribution is 2.23. The molecule has 3 aromatic rings. The summed E-state index contributed by atoms with van der Waals surface area (Å²) in [6.07, 6.45) is 8.28. The fraction of sp³-hybridized carbons (Fsp3) is 0.235. The molecule has 0 fully saturated rings. The van der Waals surface area contributed by atoms with E-state index in [2.05, 4.69) is 39.3 Å². The maximum atomic E-state index is 4.55. The van der Waals surface area contributed by atoms with Crippen molar-refractivity contribution in [3.63, 3.8) is 0 Å². The van der Waals surface area contributed by atoms with Gasteiger partial charge in [-0.15, -0.1) is 0 Å². The van der Waals surface area contributed by atoms with Gasteiger partial charge < -0.3 is 5.32 Å². The van der Waals surface area contributed by atoms with Gasteiger partial charge in [0, 0.05) is 29.5 Å². The molecular formula is C17H18N4. The molecule has 1 N–H and O–H groups in total. The van der Waals surface area contributed by atoms with Crippen LogP contribution >= 0.6 is 0 Å². The van der Waals surface area contributed by atoms with Crippen LogP contribution < -0.4 is 5.32 Å². The van der Waals surface area contributed by atoms with E-state index in [4.69, 9.17) is 0 Å². The van der Waals surface area contributed by atoms with Crippen molar-refractivity contribution in [1.29, 1.82) is 0 Å². The first-order valence-electron chi connectivity index (χ1n) is 7.21. The third-order valence-corrected chi connectivity index (χ3v) is 3.46. The Bertz CT molecular complexity index is 712. The Hall–Kier alpha value is -2.33. The zero-order valence-electron chi connectivity index (χ0n) is 12.0. The molecule has 106 valence electrons. The van der Waals surface area contributed by atoms with E-state index in [1.165, 1.54) is 0 Å². The van der Waals surface area contributed by atoms with E-state index in [0.717, 1.165) is 35.0 Å². The Morgan fingerprint density at radius 3 is 2.67 bits per heavy atom. The first kappa shape index (κ1) is 13.6. The lowest BCUT2D eigenvalue weighted by atomic mass is 10.0. The van der Waals surface area contributed by atoms with Gasteiger partial charge in [0.2, 0.25) is 0 Å². The van der Waals surface area contributed by atoms with Crippen LogP contribution in [0.25, 0.3) is 10.9 Å². The van der Waals surface area contributed by atoms with Gasteiger partial charge in [0.25, 0.3) is 0 Å². The predicted octanol–water partition coefficient (Wildman–Crippen LogP) is 3.11. The summed E-state index contributed by atoms with van der Waals surface area (Å²) < 4.78 is 0. The number of benzene rings is 1. The van der Waals surface area contributed by atoms with Crippen molar-refractivity contribution in [3.8, 4) is 0 Å². The monoisotopic (exact) mass is 278 g/mol. The standard InChI is InChI=1S/C17H18N4/c1-2-7-20-17(15-9-18-12-19-10-15)14-8-13-5-3-4-6-16(13)21-11-14/h3-6,8-12,17,20H,2,7H2,1H3. The van der Waals surface area contributed by atoms with Gasteiger partial charge in [0.15, 0.2) is 0 Å². The normalized spacial score (nSPS) is 12.4. The minimum atomic E-state index is 0.0725. The quantitative estimate of drug-likeness (QED) is 0.779. The van der Waals surface area contributed by atoms with E-state index in [1.807, 2.05) is 36.8 Å². The smallest absolute Gasteiger partial charge is 0.115 e. The lowest BCUT2D eigenvalue weighted by Crippen LogP contribution is -2.23. The first-order chi connectivity index (χ1) is 10.4. The summed E-state index contributed by atoms with van der Waals surface area (Å²) in [6.45, 7) is 3.09. The molecule has 0 aliphatic rings. The van der Waals surface area contributed by atoms with E-state index in [-0.39, 0.29) is 6.04 Å². The predicted molar refractivity (Wildman–Crippen MR) is 83.9 cm³/mol. The average Bonchev–Trinajstić information content (AvgIpc) is 2.56. The van der Waals surface area contributed by atoms with Gasteiger partial charge in [0.05, 0.1) is 11.6 Å². The van der Waals surface area contributed by atoms with Crippen LogP contribution in [-0.4, -0.2) is 21.5 Å². The van der Waals surface area contributed by atoms with Crippen molar-refractivity contribution < 1.29 is 0 Å². The lowest BCUT2D eigenvalue weighted by Gasteiger charge is -2.18. The molecule has 1 atom stereocenters. The minimum Gasteiger partial charge on any atom is -0.306 e. The molecule has 0 amide bonds. The molecule has 0 bridgehead atoms. The fourth-order valence-electron chi connectivity index (χ4n) is 2.42. The molecular weight excluding hydrogens is 260 g/mol. The van der Waals surface area contributed by atoms with Crippen LogP contribution in [0.3, 0.4) is 0 Å². The maximum absolute atomic E-state index is 4.55. The summed E-state index contributed by atoms with van der Waals surface area (Å²) in [7, 11) is 0. The molecule has 4 heteroatoms. The Morgan fingerprint density at radius 1 is 1.05 bits per heavy atom. The van der Waals surface area contributed by atoms with Crippen LogP contribution in [0.1, 0.15) is 30.5 Å². The number of aromatic nitrogens is 3. The molecule has 1 aromatic carbocycles. The summed E-state index contributed by atoms with van der Waals surface area (Å²) in [5, 5.41) is 4.69. The molecule has 0 radical (unpaired) electrons. The lowest BCUT2D eigenvalue weighted by molar-refractivity contribution is 0.594. The topological polar surface area (TPSA) is 50.7 Å². The molecule has 0 aliphatic heterocycles. The van der Waals surface area contributed by atoms with Crippen molar-refractivity contribution in [2.75, 3.05) is 6.54 Å². The number of hydrogen-bond donors (Lipinski definition) is 1. The summed E-state index contributed by atoms with van der Waals surface area (Å²) in [4.78, 5) is 12.8. The van der Waals surface area contributed by atoms with Crippen molar-refractivity contribution in [3.05, 3.63) is 66.4 Å². The van der Waals surface area contributed by atoms with Crippen LogP contribution in [0.2, 0.25) is 0 Å². The van der Waals surface area contributed by atoms with Gasteiger partial charge in [-0.3, -0.25) is 4.98 Å².